The van der Waals surface area contributed by atoms with E-state index in [0.717, 1.165) is 38.8 Å². The molecule has 0 spiro atoms. The van der Waals surface area contributed by atoms with Crippen molar-refractivity contribution in [1.82, 2.24) is 5.32 Å². The van der Waals surface area contributed by atoms with Gasteiger partial charge >= 0.3 is 0 Å². The van der Waals surface area contributed by atoms with Gasteiger partial charge in [0.2, 0.25) is 5.91 Å². The van der Waals surface area contributed by atoms with Crippen LogP contribution in [0.4, 0.5) is 0 Å². The molecule has 4 heteroatoms. The number of nitrogens with one attached hydrogen (secondary N) is 2. The lowest BCUT2D eigenvalue weighted by Crippen LogP contribution is -3.14. The zero-order valence-corrected chi connectivity index (χ0v) is 13.8. The van der Waals surface area contributed by atoms with Crippen molar-refractivity contribution in [3.05, 3.63) is 0 Å². The van der Waals surface area contributed by atoms with Gasteiger partial charge < -0.3 is 15.0 Å². The van der Waals surface area contributed by atoms with E-state index in [9.17, 15) is 4.79 Å². The summed E-state index contributed by atoms with van der Waals surface area (Å²) in [6.07, 6.45) is 4.45. The first-order valence-corrected chi connectivity index (χ1v) is 8.64. The predicted octanol–water partition coefficient (Wildman–Crippen LogP) is 0.623. The Morgan fingerprint density at radius 3 is 2.57 bits per heavy atom. The van der Waals surface area contributed by atoms with Crippen molar-refractivity contribution in [2.75, 3.05) is 32.8 Å². The first-order valence-electron chi connectivity index (χ1n) is 8.64. The van der Waals surface area contributed by atoms with Crippen molar-refractivity contribution in [1.29, 1.82) is 0 Å². The van der Waals surface area contributed by atoms with Gasteiger partial charge in [-0.3, -0.25) is 4.79 Å². The van der Waals surface area contributed by atoms with Gasteiger partial charge in [-0.1, -0.05) is 20.8 Å². The van der Waals surface area contributed by atoms with Crippen LogP contribution in [-0.2, 0) is 9.53 Å². The van der Waals surface area contributed by atoms with E-state index in [1.54, 1.807) is 0 Å². The molecule has 2 aliphatic carbocycles. The van der Waals surface area contributed by atoms with Gasteiger partial charge in [0.25, 0.3) is 0 Å². The van der Waals surface area contributed by atoms with E-state index in [1.165, 1.54) is 24.2 Å². The zero-order valence-electron chi connectivity index (χ0n) is 13.8. The maximum atomic E-state index is 12.3. The topological polar surface area (TPSA) is 42.8 Å². The third kappa shape index (κ3) is 2.61. The van der Waals surface area contributed by atoms with Crippen LogP contribution in [0.3, 0.4) is 0 Å². The molecule has 2 bridgehead atoms. The largest absolute Gasteiger partial charge is 0.370 e. The monoisotopic (exact) mass is 295 g/mol. The Kier molecular flexibility index (Phi) is 4.04. The fourth-order valence-corrected chi connectivity index (χ4v) is 4.89. The highest BCUT2D eigenvalue weighted by atomic mass is 16.5. The third-order valence-corrected chi connectivity index (χ3v) is 7.03. The number of carbonyl (C=O) groups excluding carboxylic acids is 1. The molecule has 0 radical (unpaired) electrons. The second kappa shape index (κ2) is 5.54. The molecule has 1 amide bonds. The van der Waals surface area contributed by atoms with Crippen LogP contribution in [0.2, 0.25) is 0 Å². The van der Waals surface area contributed by atoms with Gasteiger partial charge in [0, 0.05) is 6.04 Å². The SMILES string of the molecule is CC1(C)[C@H]2CC[C@@]1(C)[C@H](NC(=O)CC[NH+]1CCOCC1)C2. The van der Waals surface area contributed by atoms with Gasteiger partial charge in [-0.25, -0.2) is 0 Å². The van der Waals surface area contributed by atoms with E-state index in [1.807, 2.05) is 0 Å². The lowest BCUT2D eigenvalue weighted by Gasteiger charge is -2.39. The number of rotatable bonds is 4. The number of fused-ring (bicyclic) bond motifs is 2. The molecule has 3 fully saturated rings. The summed E-state index contributed by atoms with van der Waals surface area (Å²) in [7, 11) is 0. The van der Waals surface area contributed by atoms with Crippen molar-refractivity contribution in [2.45, 2.75) is 52.5 Å². The summed E-state index contributed by atoms with van der Waals surface area (Å²) in [6, 6.07) is 0.387. The van der Waals surface area contributed by atoms with Gasteiger partial charge in [-0.2, -0.15) is 0 Å². The second-order valence-electron chi connectivity index (χ2n) is 8.09. The molecular formula is C17H31N2O2+. The highest BCUT2D eigenvalue weighted by molar-refractivity contribution is 5.76. The third-order valence-electron chi connectivity index (χ3n) is 7.03. The minimum absolute atomic E-state index is 0.253. The molecule has 1 saturated heterocycles. The molecule has 21 heavy (non-hydrogen) atoms. The van der Waals surface area contributed by atoms with Crippen LogP contribution in [0.1, 0.15) is 46.5 Å². The molecule has 0 aromatic rings. The highest BCUT2D eigenvalue weighted by Crippen LogP contribution is 2.65. The van der Waals surface area contributed by atoms with Gasteiger partial charge in [-0.05, 0) is 36.0 Å². The van der Waals surface area contributed by atoms with Crippen LogP contribution in [0.25, 0.3) is 0 Å². The number of ether oxygens (including phenoxy) is 1. The summed E-state index contributed by atoms with van der Waals surface area (Å²) in [6.45, 7) is 11.9. The van der Waals surface area contributed by atoms with E-state index >= 15 is 0 Å². The van der Waals surface area contributed by atoms with Crippen LogP contribution < -0.4 is 10.2 Å². The Morgan fingerprint density at radius 1 is 1.29 bits per heavy atom. The fourth-order valence-electron chi connectivity index (χ4n) is 4.89. The number of carbonyl (C=O) groups is 1. The van der Waals surface area contributed by atoms with Crippen LogP contribution in [-0.4, -0.2) is 44.8 Å². The minimum atomic E-state index is 0.253. The van der Waals surface area contributed by atoms with Gasteiger partial charge in [0.05, 0.1) is 26.2 Å². The lowest BCUT2D eigenvalue weighted by molar-refractivity contribution is -0.907. The summed E-state index contributed by atoms with van der Waals surface area (Å²) in [5, 5.41) is 3.36. The quantitative estimate of drug-likeness (QED) is 0.798. The summed E-state index contributed by atoms with van der Waals surface area (Å²) in [5.41, 5.74) is 0.666. The van der Waals surface area contributed by atoms with E-state index in [0.29, 0.717) is 23.3 Å². The minimum Gasteiger partial charge on any atom is -0.370 e. The Morgan fingerprint density at radius 2 is 2.00 bits per heavy atom. The number of morpholine rings is 1. The van der Waals surface area contributed by atoms with Gasteiger partial charge in [-0.15, -0.1) is 0 Å². The Labute approximate surface area is 128 Å². The molecule has 1 heterocycles. The summed E-state index contributed by atoms with van der Waals surface area (Å²) >= 11 is 0. The van der Waals surface area contributed by atoms with Crippen molar-refractivity contribution < 1.29 is 14.4 Å². The molecule has 0 aromatic heterocycles. The van der Waals surface area contributed by atoms with E-state index in [-0.39, 0.29) is 5.91 Å². The molecule has 3 rings (SSSR count). The van der Waals surface area contributed by atoms with Crippen LogP contribution >= 0.6 is 0 Å². The molecule has 0 aromatic carbocycles. The van der Waals surface area contributed by atoms with Crippen molar-refractivity contribution in [2.24, 2.45) is 16.7 Å². The molecule has 2 N–H and O–H groups in total. The molecule has 1 aliphatic heterocycles. The maximum absolute atomic E-state index is 12.3. The smallest absolute Gasteiger partial charge is 0.225 e. The van der Waals surface area contributed by atoms with E-state index < -0.39 is 0 Å². The summed E-state index contributed by atoms with van der Waals surface area (Å²) in [4.78, 5) is 13.8. The van der Waals surface area contributed by atoms with Gasteiger partial charge in [0.1, 0.15) is 13.1 Å². The first-order chi connectivity index (χ1) is 9.93. The van der Waals surface area contributed by atoms with Crippen LogP contribution in [0.15, 0.2) is 0 Å². The maximum Gasteiger partial charge on any atom is 0.225 e. The first kappa shape index (κ1) is 15.3. The fraction of sp³-hybridized carbons (Fsp3) is 0.941. The van der Waals surface area contributed by atoms with Crippen molar-refractivity contribution in [3.63, 3.8) is 0 Å². The summed E-state index contributed by atoms with van der Waals surface area (Å²) < 4.78 is 5.36. The normalized spacial score (nSPS) is 38.6. The standard InChI is InChI=1S/C17H30N2O2/c1-16(2)13-4-6-17(16,3)14(12-13)18-15(20)5-7-19-8-10-21-11-9-19/h13-14H,4-12H2,1-3H3,(H,18,20)/p+1/t13-,14+,17-/m0/s1. The lowest BCUT2D eigenvalue weighted by atomic mass is 9.69. The highest BCUT2D eigenvalue weighted by Gasteiger charge is 2.61. The Hall–Kier alpha value is -0.610. The molecule has 0 unspecified atom stereocenters. The van der Waals surface area contributed by atoms with Gasteiger partial charge in [0.15, 0.2) is 0 Å². The molecule has 2 saturated carbocycles. The molecular weight excluding hydrogens is 264 g/mol. The van der Waals surface area contributed by atoms with Crippen molar-refractivity contribution in [3.8, 4) is 0 Å². The molecule has 4 nitrogen and oxygen atoms in total. The Balaban J connectivity index is 1.49. The van der Waals surface area contributed by atoms with Crippen LogP contribution in [0, 0.1) is 16.7 Å². The van der Waals surface area contributed by atoms with E-state index in [2.05, 4.69) is 26.1 Å². The number of amides is 1. The average molecular weight is 295 g/mol. The zero-order chi connectivity index (χ0) is 15.1. The second-order valence-corrected chi connectivity index (χ2v) is 8.09. The van der Waals surface area contributed by atoms with E-state index in [4.69, 9.17) is 4.74 Å². The van der Waals surface area contributed by atoms with Crippen LogP contribution in [0.5, 0.6) is 0 Å². The number of hydrogen-bond acceptors (Lipinski definition) is 2. The molecule has 120 valence electrons. The summed E-state index contributed by atoms with van der Waals surface area (Å²) in [5.74, 6) is 1.04. The predicted molar refractivity (Wildman–Crippen MR) is 82.2 cm³/mol. The Bertz CT molecular complexity index is 404. The number of quaternary nitrogens is 1. The molecule has 3 atom stereocenters. The van der Waals surface area contributed by atoms with Crippen molar-refractivity contribution >= 4 is 5.91 Å². The number of hydrogen-bond donors (Lipinski definition) is 2. The average Bonchev–Trinajstić information content (AvgIpc) is 2.79. The molecule has 3 aliphatic rings.